The zero-order chi connectivity index (χ0) is 18.1. The normalized spacial score (nSPS) is 16.4. The van der Waals surface area contributed by atoms with Crippen LogP contribution in [-0.2, 0) is 10.9 Å². The lowest BCUT2D eigenvalue weighted by atomic mass is 10.1. The Morgan fingerprint density at radius 1 is 1.38 bits per heavy atom. The Bertz CT molecular complexity index is 745. The molecule has 1 heterocycles. The molecule has 0 radical (unpaired) electrons. The molecule has 0 fully saturated rings. The molecule has 1 aromatic carbocycles. The van der Waals surface area contributed by atoms with E-state index in [9.17, 15) is 18.4 Å². The molecule has 2 rings (SSSR count). The highest BCUT2D eigenvalue weighted by molar-refractivity contribution is 6.39. The lowest BCUT2D eigenvalue weighted by Crippen LogP contribution is -2.33. The van der Waals surface area contributed by atoms with Gasteiger partial charge in [0.05, 0.1) is 22.2 Å². The van der Waals surface area contributed by atoms with Crippen LogP contribution in [0.2, 0.25) is 10.0 Å². The number of nitrogens with zero attached hydrogens (tertiary/aromatic N) is 2. The summed E-state index contributed by atoms with van der Waals surface area (Å²) >= 11 is 12.0. The number of benzene rings is 1. The molecular formula is C14H11Cl2F3N4O. The first-order valence-electron chi connectivity index (χ1n) is 6.55. The van der Waals surface area contributed by atoms with Gasteiger partial charge in [0.1, 0.15) is 35.1 Å². The second kappa shape index (κ2) is 6.71. The summed E-state index contributed by atoms with van der Waals surface area (Å²) in [5.41, 5.74) is 7.62. The summed E-state index contributed by atoms with van der Waals surface area (Å²) in [5.74, 6) is -0.00418. The van der Waals surface area contributed by atoms with Gasteiger partial charge in [0.15, 0.2) is 0 Å². The number of allylic oxidation sites excluding steroid dienone is 1. The van der Waals surface area contributed by atoms with Gasteiger partial charge < -0.3 is 10.5 Å². The molecule has 0 unspecified atom stereocenters. The molecule has 0 saturated heterocycles. The number of rotatable bonds is 3. The van der Waals surface area contributed by atoms with Crippen LogP contribution in [0.1, 0.15) is 12.5 Å². The fourth-order valence-corrected chi connectivity index (χ4v) is 2.65. The third-order valence-corrected chi connectivity index (χ3v) is 3.62. The monoisotopic (exact) mass is 378 g/mol. The highest BCUT2D eigenvalue weighted by atomic mass is 35.5. The number of ether oxygens (including phenoxy) is 1. The van der Waals surface area contributed by atoms with Crippen LogP contribution in [0.4, 0.5) is 18.9 Å². The van der Waals surface area contributed by atoms with Crippen molar-refractivity contribution in [3.8, 4) is 6.07 Å². The number of anilines is 1. The van der Waals surface area contributed by atoms with E-state index in [1.165, 1.54) is 11.3 Å². The molecule has 0 bridgehead atoms. The highest BCUT2D eigenvalue weighted by Gasteiger charge is 2.35. The Labute approximate surface area is 145 Å². The Morgan fingerprint density at radius 2 is 1.96 bits per heavy atom. The van der Waals surface area contributed by atoms with Crippen molar-refractivity contribution in [1.29, 1.82) is 5.26 Å². The molecule has 0 amide bonds. The van der Waals surface area contributed by atoms with Gasteiger partial charge in [0.25, 0.3) is 0 Å². The quantitative estimate of drug-likeness (QED) is 0.780. The Morgan fingerprint density at radius 3 is 2.42 bits per heavy atom. The van der Waals surface area contributed by atoms with Crippen molar-refractivity contribution in [3.05, 3.63) is 51.1 Å². The molecule has 3 N–H and O–H groups in total. The van der Waals surface area contributed by atoms with Crippen molar-refractivity contribution in [2.75, 3.05) is 11.6 Å². The van der Waals surface area contributed by atoms with Crippen molar-refractivity contribution >= 4 is 28.9 Å². The number of hydrogen-bond acceptors (Lipinski definition) is 5. The minimum Gasteiger partial charge on any atom is -0.499 e. The van der Waals surface area contributed by atoms with Gasteiger partial charge in [0, 0.05) is 0 Å². The fraction of sp³-hybridized carbons (Fsp3) is 0.214. The molecule has 0 saturated carbocycles. The first-order chi connectivity index (χ1) is 11.2. The summed E-state index contributed by atoms with van der Waals surface area (Å²) in [6.07, 6.45) is -3.35. The standard InChI is InChI=1S/C14H11Cl2F3N4O/c1-2-24-6-11-8(5-20)13(21)22-23(11)12-9(15)3-7(4-10(12)16)14(17,18)19/h3-4,6,22H,2,21H2,1H3. The Hall–Kier alpha value is -2.24. The van der Waals surface area contributed by atoms with Gasteiger partial charge in [-0.3, -0.25) is 5.43 Å². The van der Waals surface area contributed by atoms with E-state index in [0.29, 0.717) is 6.61 Å². The lowest BCUT2D eigenvalue weighted by Gasteiger charge is -2.24. The summed E-state index contributed by atoms with van der Waals surface area (Å²) in [7, 11) is 0. The minimum atomic E-state index is -4.59. The van der Waals surface area contributed by atoms with E-state index in [2.05, 4.69) is 5.43 Å². The van der Waals surface area contributed by atoms with Crippen LogP contribution in [0.3, 0.4) is 0 Å². The van der Waals surface area contributed by atoms with Crippen LogP contribution in [-0.4, -0.2) is 6.61 Å². The molecule has 0 aromatic heterocycles. The second-order valence-electron chi connectivity index (χ2n) is 4.59. The lowest BCUT2D eigenvalue weighted by molar-refractivity contribution is -0.137. The zero-order valence-corrected chi connectivity index (χ0v) is 13.7. The molecule has 0 aliphatic carbocycles. The molecule has 0 spiro atoms. The van der Waals surface area contributed by atoms with Gasteiger partial charge >= 0.3 is 6.18 Å². The van der Waals surface area contributed by atoms with E-state index in [0.717, 1.165) is 12.1 Å². The molecule has 24 heavy (non-hydrogen) atoms. The first kappa shape index (κ1) is 18.1. The van der Waals surface area contributed by atoms with Gasteiger partial charge in [-0.25, -0.2) is 5.01 Å². The average Bonchev–Trinajstić information content (AvgIpc) is 2.79. The topological polar surface area (TPSA) is 74.3 Å². The third kappa shape index (κ3) is 3.32. The summed E-state index contributed by atoms with van der Waals surface area (Å²) in [4.78, 5) is 0. The minimum absolute atomic E-state index is 0.00418. The number of halogens is 5. The maximum Gasteiger partial charge on any atom is 0.416 e. The summed E-state index contributed by atoms with van der Waals surface area (Å²) in [5, 5.41) is 9.86. The number of nitriles is 1. The molecule has 1 aliphatic rings. The number of hydrogen-bond donors (Lipinski definition) is 2. The van der Waals surface area contributed by atoms with Crippen LogP contribution >= 0.6 is 23.2 Å². The smallest absolute Gasteiger partial charge is 0.416 e. The van der Waals surface area contributed by atoms with Gasteiger partial charge in [-0.15, -0.1) is 0 Å². The van der Waals surface area contributed by atoms with E-state index in [-0.39, 0.29) is 32.8 Å². The molecular weight excluding hydrogens is 368 g/mol. The molecule has 10 heteroatoms. The SMILES string of the molecule is CCOC=C1C(C#N)=C(N)NN1c1c(Cl)cc(C(F)(F)F)cc1Cl. The van der Waals surface area contributed by atoms with Gasteiger partial charge in [-0.2, -0.15) is 18.4 Å². The zero-order valence-electron chi connectivity index (χ0n) is 12.2. The number of alkyl halides is 3. The third-order valence-electron chi connectivity index (χ3n) is 3.04. The predicted octanol–water partition coefficient (Wildman–Crippen LogP) is 3.91. The number of hydrazine groups is 1. The predicted molar refractivity (Wildman–Crippen MR) is 83.6 cm³/mol. The van der Waals surface area contributed by atoms with Crippen molar-refractivity contribution < 1.29 is 17.9 Å². The van der Waals surface area contributed by atoms with E-state index in [4.69, 9.17) is 33.7 Å². The maximum absolute atomic E-state index is 12.8. The molecule has 0 atom stereocenters. The van der Waals surface area contributed by atoms with Gasteiger partial charge in [0.2, 0.25) is 0 Å². The Balaban J connectivity index is 2.54. The number of nitrogens with two attached hydrogens (primary N) is 1. The van der Waals surface area contributed by atoms with Crippen molar-refractivity contribution in [2.24, 2.45) is 5.73 Å². The van der Waals surface area contributed by atoms with Crippen LogP contribution in [0, 0.1) is 11.3 Å². The Kier molecular flexibility index (Phi) is 5.06. The van der Waals surface area contributed by atoms with Crippen LogP contribution in [0.5, 0.6) is 0 Å². The van der Waals surface area contributed by atoms with Crippen molar-refractivity contribution in [3.63, 3.8) is 0 Å². The highest BCUT2D eigenvalue weighted by Crippen LogP contribution is 2.42. The summed E-state index contributed by atoms with van der Waals surface area (Å²) in [6.45, 7) is 2.03. The first-order valence-corrected chi connectivity index (χ1v) is 7.31. The van der Waals surface area contributed by atoms with Crippen LogP contribution in [0.25, 0.3) is 0 Å². The van der Waals surface area contributed by atoms with Crippen LogP contribution < -0.4 is 16.2 Å². The number of nitrogens with one attached hydrogen (secondary N) is 1. The van der Waals surface area contributed by atoms with E-state index in [1.54, 1.807) is 6.92 Å². The summed E-state index contributed by atoms with van der Waals surface area (Å²) < 4.78 is 43.6. The van der Waals surface area contributed by atoms with Gasteiger partial charge in [-0.05, 0) is 19.1 Å². The average molecular weight is 379 g/mol. The molecule has 128 valence electrons. The van der Waals surface area contributed by atoms with Crippen molar-refractivity contribution in [2.45, 2.75) is 13.1 Å². The largest absolute Gasteiger partial charge is 0.499 e. The summed E-state index contributed by atoms with van der Waals surface area (Å²) in [6, 6.07) is 3.36. The van der Waals surface area contributed by atoms with Gasteiger partial charge in [-0.1, -0.05) is 23.2 Å². The molecule has 1 aromatic rings. The van der Waals surface area contributed by atoms with E-state index in [1.807, 2.05) is 6.07 Å². The van der Waals surface area contributed by atoms with Crippen LogP contribution in [0.15, 0.2) is 35.5 Å². The maximum atomic E-state index is 12.8. The molecule has 1 aliphatic heterocycles. The van der Waals surface area contributed by atoms with Crippen molar-refractivity contribution in [1.82, 2.24) is 5.43 Å². The second-order valence-corrected chi connectivity index (χ2v) is 5.41. The fourth-order valence-electron chi connectivity index (χ4n) is 2.00. The van der Waals surface area contributed by atoms with E-state index < -0.39 is 11.7 Å². The molecule has 5 nitrogen and oxygen atoms in total. The van der Waals surface area contributed by atoms with E-state index >= 15 is 0 Å².